The van der Waals surface area contributed by atoms with Crippen molar-refractivity contribution in [1.82, 2.24) is 10.6 Å². The van der Waals surface area contributed by atoms with Gasteiger partial charge in [0.05, 0.1) is 16.6 Å². The summed E-state index contributed by atoms with van der Waals surface area (Å²) in [6.07, 6.45) is -2.35. The summed E-state index contributed by atoms with van der Waals surface area (Å²) in [4.78, 5) is 72.9. The first kappa shape index (κ1) is 28.5. The molecule has 0 saturated heterocycles. The normalized spacial score (nSPS) is 18.6. The van der Waals surface area contributed by atoms with Crippen molar-refractivity contribution in [2.24, 2.45) is 5.73 Å². The zero-order valence-corrected chi connectivity index (χ0v) is 20.6. The number of anilines is 2. The first-order chi connectivity index (χ1) is 18.4. The maximum atomic E-state index is 13.2. The van der Waals surface area contributed by atoms with E-state index in [-0.39, 0.29) is 35.5 Å². The second-order valence-corrected chi connectivity index (χ2v) is 8.75. The molecule has 8 N–H and O–H groups in total. The van der Waals surface area contributed by atoms with Crippen molar-refractivity contribution in [1.29, 1.82) is 0 Å². The van der Waals surface area contributed by atoms with Crippen LogP contribution in [0.25, 0.3) is 0 Å². The van der Waals surface area contributed by atoms with Gasteiger partial charge in [0.25, 0.3) is 11.6 Å². The molecule has 0 radical (unpaired) electrons. The number of primary amides is 1. The summed E-state index contributed by atoms with van der Waals surface area (Å²) in [6, 6.07) is 4.59. The molecule has 0 bridgehead atoms. The van der Waals surface area contributed by atoms with Crippen molar-refractivity contribution in [2.75, 3.05) is 10.6 Å². The van der Waals surface area contributed by atoms with Crippen LogP contribution < -0.4 is 27.0 Å². The van der Waals surface area contributed by atoms with Crippen LogP contribution in [-0.2, 0) is 20.9 Å². The number of aliphatic carboxylic acids is 1. The van der Waals surface area contributed by atoms with E-state index in [0.717, 1.165) is 12.1 Å². The maximum Gasteiger partial charge on any atom is 0.303 e. The number of rotatable bonds is 6. The van der Waals surface area contributed by atoms with Crippen LogP contribution in [-0.4, -0.2) is 62.9 Å². The van der Waals surface area contributed by atoms with Crippen LogP contribution in [0.4, 0.5) is 17.1 Å². The highest BCUT2D eigenvalue weighted by Gasteiger charge is 2.32. The zero-order chi connectivity index (χ0) is 28.9. The molecule has 0 fully saturated rings. The Kier molecular flexibility index (Phi) is 8.77. The van der Waals surface area contributed by atoms with Gasteiger partial charge in [0.1, 0.15) is 12.1 Å². The van der Waals surface area contributed by atoms with Gasteiger partial charge in [0.2, 0.25) is 17.7 Å². The predicted octanol–water partition coefficient (Wildman–Crippen LogP) is 0.0867. The summed E-state index contributed by atoms with van der Waals surface area (Å²) in [5.41, 5.74) is 5.44. The van der Waals surface area contributed by atoms with Crippen molar-refractivity contribution in [2.45, 2.75) is 44.5 Å². The fourth-order valence-electron chi connectivity index (χ4n) is 3.82. The molecule has 2 aromatic rings. The molecular weight excluding hydrogens is 516 g/mol. The second kappa shape index (κ2) is 12.0. The number of aliphatic hydroxyl groups is 1. The Morgan fingerprint density at radius 1 is 1.10 bits per heavy atom. The number of carboxylic acid groups (broad SMARTS) is 1. The Morgan fingerprint density at radius 3 is 2.44 bits per heavy atom. The van der Waals surface area contributed by atoms with E-state index in [2.05, 4.69) is 21.3 Å². The molecule has 1 aliphatic rings. The van der Waals surface area contributed by atoms with Gasteiger partial charge in [-0.25, -0.2) is 0 Å². The highest BCUT2D eigenvalue weighted by Crippen LogP contribution is 2.26. The van der Waals surface area contributed by atoms with Crippen molar-refractivity contribution in [3.63, 3.8) is 0 Å². The molecule has 1 heterocycles. The molecule has 2 aromatic carbocycles. The average molecular weight is 543 g/mol. The summed E-state index contributed by atoms with van der Waals surface area (Å²) >= 11 is 0. The van der Waals surface area contributed by atoms with Crippen molar-refractivity contribution in [3.8, 4) is 0 Å². The maximum absolute atomic E-state index is 13.2. The zero-order valence-electron chi connectivity index (χ0n) is 20.6. The molecule has 1 aliphatic heterocycles. The summed E-state index contributed by atoms with van der Waals surface area (Å²) < 4.78 is 0. The van der Waals surface area contributed by atoms with Crippen molar-refractivity contribution < 1.29 is 39.1 Å². The van der Waals surface area contributed by atoms with E-state index in [0.29, 0.717) is 5.56 Å². The molecule has 3 rings (SSSR count). The largest absolute Gasteiger partial charge is 0.481 e. The van der Waals surface area contributed by atoms with Crippen LogP contribution in [0.2, 0.25) is 0 Å². The molecule has 0 aliphatic carbocycles. The quantitative estimate of drug-likeness (QED) is 0.191. The number of nitrogens with two attached hydrogens (primary N) is 1. The molecule has 0 saturated carbocycles. The molecule has 39 heavy (non-hydrogen) atoms. The summed E-state index contributed by atoms with van der Waals surface area (Å²) in [5, 5.41) is 40.9. The first-order valence-corrected chi connectivity index (χ1v) is 11.6. The van der Waals surface area contributed by atoms with E-state index in [1.54, 1.807) is 0 Å². The van der Waals surface area contributed by atoms with Gasteiger partial charge in [-0.1, -0.05) is 6.07 Å². The number of aliphatic hydroxyl groups excluding tert-OH is 1. The fraction of sp³-hybridized carbons (Fsp3) is 0.292. The van der Waals surface area contributed by atoms with E-state index in [9.17, 15) is 39.2 Å². The Balaban J connectivity index is 2.14. The average Bonchev–Trinajstić information content (AvgIpc) is 2.87. The SMILES string of the molecule is C[C@@H](O)[C@@H]1NC(=O)[C@H](CCC(=O)O)NC(=O)c2cc([N+](=O)[O-])ccc2NCc2ccc(C(N)=O)cc2NC1=O. The molecule has 15 heteroatoms. The smallest absolute Gasteiger partial charge is 0.303 e. The lowest BCUT2D eigenvalue weighted by Crippen LogP contribution is -2.56. The van der Waals surface area contributed by atoms with E-state index in [4.69, 9.17) is 10.8 Å². The van der Waals surface area contributed by atoms with Crippen molar-refractivity contribution >= 4 is 46.7 Å². The predicted molar refractivity (Wildman–Crippen MR) is 136 cm³/mol. The number of nitrogens with zero attached hydrogens (tertiary/aromatic N) is 1. The lowest BCUT2D eigenvalue weighted by Gasteiger charge is -2.26. The van der Waals surface area contributed by atoms with Crippen LogP contribution in [0.15, 0.2) is 36.4 Å². The summed E-state index contributed by atoms with van der Waals surface area (Å²) in [5.74, 6) is -4.81. The number of carboxylic acids is 1. The minimum absolute atomic E-state index is 0.0408. The van der Waals surface area contributed by atoms with Crippen LogP contribution in [0.3, 0.4) is 0 Å². The number of carbonyl (C=O) groups excluding carboxylic acids is 4. The highest BCUT2D eigenvalue weighted by atomic mass is 16.6. The third kappa shape index (κ3) is 7.04. The molecule has 0 unspecified atom stereocenters. The minimum atomic E-state index is -1.55. The summed E-state index contributed by atoms with van der Waals surface area (Å²) in [6.45, 7) is 1.19. The fourth-order valence-corrected chi connectivity index (χ4v) is 3.82. The Bertz CT molecular complexity index is 1340. The Labute approximate surface area is 220 Å². The lowest BCUT2D eigenvalue weighted by atomic mass is 10.0. The molecule has 4 amide bonds. The lowest BCUT2D eigenvalue weighted by molar-refractivity contribution is -0.384. The number of hydrogen-bond donors (Lipinski definition) is 7. The van der Waals surface area contributed by atoms with Crippen LogP contribution >= 0.6 is 0 Å². The van der Waals surface area contributed by atoms with Crippen LogP contribution in [0.5, 0.6) is 0 Å². The molecule has 0 spiro atoms. The van der Waals surface area contributed by atoms with Gasteiger partial charge in [0, 0.05) is 42.0 Å². The highest BCUT2D eigenvalue weighted by molar-refractivity contribution is 6.04. The van der Waals surface area contributed by atoms with Crippen LogP contribution in [0, 0.1) is 10.1 Å². The number of nitrogens with one attached hydrogen (secondary N) is 4. The monoisotopic (exact) mass is 542 g/mol. The van der Waals surface area contributed by atoms with Gasteiger partial charge in [-0.15, -0.1) is 0 Å². The Morgan fingerprint density at radius 2 is 1.82 bits per heavy atom. The van der Waals surface area contributed by atoms with Crippen molar-refractivity contribution in [3.05, 3.63) is 63.2 Å². The molecule has 15 nitrogen and oxygen atoms in total. The summed E-state index contributed by atoms with van der Waals surface area (Å²) in [7, 11) is 0. The number of nitro groups is 1. The molecule has 0 aromatic heterocycles. The van der Waals surface area contributed by atoms with E-state index >= 15 is 0 Å². The number of hydrogen-bond acceptors (Lipinski definition) is 9. The number of non-ortho nitro benzene ring substituents is 1. The van der Waals surface area contributed by atoms with Gasteiger partial charge in [0.15, 0.2) is 0 Å². The van der Waals surface area contributed by atoms with Crippen LogP contribution in [0.1, 0.15) is 46.0 Å². The molecular formula is C24H26N6O9. The minimum Gasteiger partial charge on any atom is -0.481 e. The van der Waals surface area contributed by atoms with Gasteiger partial charge in [-0.05, 0) is 37.1 Å². The number of nitro benzene ring substituents is 1. The topological polar surface area (TPSA) is 243 Å². The van der Waals surface area contributed by atoms with Gasteiger partial charge in [-0.3, -0.25) is 34.1 Å². The second-order valence-electron chi connectivity index (χ2n) is 8.75. The number of carbonyl (C=O) groups is 5. The van der Waals surface area contributed by atoms with Gasteiger partial charge in [-0.2, -0.15) is 0 Å². The number of amides is 4. The standard InChI is InChI=1S/C24H26N6O9/c1-11(31)20-24(37)28-18-8-12(21(25)34)2-3-13(18)10-26-16-5-4-14(30(38)39)9-15(16)22(35)27-17(23(36)29-20)6-7-19(32)33/h2-5,8-9,11,17,20,26,31H,6-7,10H2,1H3,(H2,25,34)(H,27,35)(H,28,37)(H,29,36)(H,32,33)/t11-,17+,20+/m1/s1. The van der Waals surface area contributed by atoms with Gasteiger partial charge < -0.3 is 37.2 Å². The molecule has 3 atom stereocenters. The Hall–Kier alpha value is -5.05. The third-order valence-electron chi connectivity index (χ3n) is 5.91. The first-order valence-electron chi connectivity index (χ1n) is 11.6. The molecule has 206 valence electrons. The van der Waals surface area contributed by atoms with E-state index in [1.165, 1.54) is 31.2 Å². The number of fused-ring (bicyclic) bond motifs is 2. The van der Waals surface area contributed by atoms with E-state index in [1.807, 2.05) is 0 Å². The number of benzene rings is 2. The third-order valence-corrected chi connectivity index (χ3v) is 5.91. The van der Waals surface area contributed by atoms with E-state index < -0.39 is 64.8 Å². The van der Waals surface area contributed by atoms with Gasteiger partial charge >= 0.3 is 5.97 Å².